The molecule has 0 aliphatic carbocycles. The Morgan fingerprint density at radius 2 is 2.30 bits per heavy atom. The molecule has 1 aliphatic rings. The van der Waals surface area contributed by atoms with Gasteiger partial charge in [-0.3, -0.25) is 4.90 Å². The third-order valence-corrected chi connectivity index (χ3v) is 4.04. The standard InChI is InChI=1S/C15H20FN3O/c16-11-5-6-12-14(10-11)20-18-15(12)13-4-1-2-8-19(13)9-3-7-17/h5-6,10,13H,1-4,7-9,17H2. The van der Waals surface area contributed by atoms with E-state index in [1.54, 1.807) is 6.07 Å². The molecule has 108 valence electrons. The fraction of sp³-hybridized carbons (Fsp3) is 0.533. The van der Waals surface area contributed by atoms with E-state index in [-0.39, 0.29) is 11.9 Å². The Balaban J connectivity index is 1.91. The normalized spacial score (nSPS) is 20.6. The van der Waals surface area contributed by atoms with Gasteiger partial charge in [0.1, 0.15) is 11.5 Å². The summed E-state index contributed by atoms with van der Waals surface area (Å²) in [7, 11) is 0. The molecule has 0 amide bonds. The average Bonchev–Trinajstić information content (AvgIpc) is 2.88. The quantitative estimate of drug-likeness (QED) is 0.933. The Bertz CT molecular complexity index is 584. The van der Waals surface area contributed by atoms with E-state index in [1.165, 1.54) is 25.0 Å². The maximum absolute atomic E-state index is 13.2. The van der Waals surface area contributed by atoms with Crippen LogP contribution in [0.5, 0.6) is 0 Å². The Morgan fingerprint density at radius 1 is 1.40 bits per heavy atom. The maximum Gasteiger partial charge on any atom is 0.170 e. The van der Waals surface area contributed by atoms with Gasteiger partial charge < -0.3 is 10.3 Å². The second-order valence-electron chi connectivity index (χ2n) is 5.40. The van der Waals surface area contributed by atoms with Crippen molar-refractivity contribution in [3.8, 4) is 0 Å². The van der Waals surface area contributed by atoms with E-state index in [9.17, 15) is 4.39 Å². The van der Waals surface area contributed by atoms with Crippen molar-refractivity contribution in [2.24, 2.45) is 5.73 Å². The highest BCUT2D eigenvalue weighted by Crippen LogP contribution is 2.34. The number of fused-ring (bicyclic) bond motifs is 1. The summed E-state index contributed by atoms with van der Waals surface area (Å²) in [5.41, 5.74) is 7.09. The fourth-order valence-corrected chi connectivity index (χ4v) is 3.03. The molecule has 20 heavy (non-hydrogen) atoms. The van der Waals surface area contributed by atoms with E-state index in [2.05, 4.69) is 10.1 Å². The zero-order chi connectivity index (χ0) is 13.9. The van der Waals surface area contributed by atoms with E-state index in [4.69, 9.17) is 10.3 Å². The molecule has 1 atom stereocenters. The largest absolute Gasteiger partial charge is 0.356 e. The van der Waals surface area contributed by atoms with Crippen LogP contribution in [0.4, 0.5) is 4.39 Å². The third-order valence-electron chi connectivity index (χ3n) is 4.04. The molecule has 0 spiro atoms. The van der Waals surface area contributed by atoms with Crippen molar-refractivity contribution >= 4 is 11.0 Å². The van der Waals surface area contributed by atoms with Gasteiger partial charge in [-0.25, -0.2) is 4.39 Å². The average molecular weight is 277 g/mol. The number of nitrogens with zero attached hydrogens (tertiary/aromatic N) is 2. The van der Waals surface area contributed by atoms with Crippen LogP contribution in [0.3, 0.4) is 0 Å². The van der Waals surface area contributed by atoms with Crippen LogP contribution in [-0.2, 0) is 0 Å². The molecule has 2 aromatic rings. The van der Waals surface area contributed by atoms with E-state index in [0.29, 0.717) is 12.1 Å². The number of halogens is 1. The van der Waals surface area contributed by atoms with Gasteiger partial charge in [-0.15, -0.1) is 0 Å². The minimum absolute atomic E-state index is 0.266. The van der Waals surface area contributed by atoms with E-state index in [0.717, 1.165) is 37.0 Å². The number of hydrogen-bond acceptors (Lipinski definition) is 4. The van der Waals surface area contributed by atoms with Crippen molar-refractivity contribution in [3.63, 3.8) is 0 Å². The Hall–Kier alpha value is -1.46. The molecule has 0 bridgehead atoms. The van der Waals surface area contributed by atoms with Gasteiger partial charge in [-0.1, -0.05) is 11.6 Å². The third kappa shape index (κ3) is 2.55. The molecule has 3 rings (SSSR count). The number of nitrogens with two attached hydrogens (primary N) is 1. The molecular weight excluding hydrogens is 257 g/mol. The van der Waals surface area contributed by atoms with Gasteiger partial charge in [0, 0.05) is 18.0 Å². The Kier molecular flexibility index (Phi) is 3.98. The molecule has 0 saturated carbocycles. The molecule has 1 aromatic heterocycles. The second kappa shape index (κ2) is 5.89. The number of aromatic nitrogens is 1. The number of benzene rings is 1. The SMILES string of the molecule is NCCCN1CCCCC1c1noc2cc(F)ccc12. The summed E-state index contributed by atoms with van der Waals surface area (Å²) in [5, 5.41) is 5.13. The van der Waals surface area contributed by atoms with Crippen LogP contribution < -0.4 is 5.73 Å². The highest BCUT2D eigenvalue weighted by molar-refractivity contribution is 5.79. The smallest absolute Gasteiger partial charge is 0.170 e. The van der Waals surface area contributed by atoms with Crippen LogP contribution in [0, 0.1) is 5.82 Å². The first-order valence-electron chi connectivity index (χ1n) is 7.28. The maximum atomic E-state index is 13.2. The van der Waals surface area contributed by atoms with Gasteiger partial charge >= 0.3 is 0 Å². The Labute approximate surface area is 117 Å². The molecular formula is C15H20FN3O. The molecule has 1 aliphatic heterocycles. The van der Waals surface area contributed by atoms with Crippen LogP contribution in [0.1, 0.15) is 37.4 Å². The van der Waals surface area contributed by atoms with Crippen LogP contribution in [0.2, 0.25) is 0 Å². The molecule has 2 N–H and O–H groups in total. The van der Waals surface area contributed by atoms with E-state index in [1.807, 2.05) is 0 Å². The second-order valence-corrected chi connectivity index (χ2v) is 5.40. The minimum atomic E-state index is -0.288. The van der Waals surface area contributed by atoms with Crippen molar-refractivity contribution in [3.05, 3.63) is 29.7 Å². The molecule has 4 nitrogen and oxygen atoms in total. The van der Waals surface area contributed by atoms with Crippen molar-refractivity contribution in [1.82, 2.24) is 10.1 Å². The summed E-state index contributed by atoms with van der Waals surface area (Å²) in [6, 6.07) is 4.91. The van der Waals surface area contributed by atoms with Crippen LogP contribution in [0.15, 0.2) is 22.7 Å². The number of rotatable bonds is 4. The summed E-state index contributed by atoms with van der Waals surface area (Å²) in [4.78, 5) is 2.43. The summed E-state index contributed by atoms with van der Waals surface area (Å²) < 4.78 is 18.5. The molecule has 1 fully saturated rings. The zero-order valence-corrected chi connectivity index (χ0v) is 11.5. The van der Waals surface area contributed by atoms with Crippen molar-refractivity contribution < 1.29 is 8.91 Å². The fourth-order valence-electron chi connectivity index (χ4n) is 3.03. The first-order chi connectivity index (χ1) is 9.79. The molecule has 1 aromatic carbocycles. The van der Waals surface area contributed by atoms with Crippen LogP contribution in [-0.4, -0.2) is 29.7 Å². The van der Waals surface area contributed by atoms with Gasteiger partial charge in [0.05, 0.1) is 6.04 Å². The number of piperidine rings is 1. The monoisotopic (exact) mass is 277 g/mol. The van der Waals surface area contributed by atoms with E-state index < -0.39 is 0 Å². The van der Waals surface area contributed by atoms with Gasteiger partial charge in [0.15, 0.2) is 5.58 Å². The molecule has 1 saturated heterocycles. The minimum Gasteiger partial charge on any atom is -0.356 e. The summed E-state index contributed by atoms with van der Waals surface area (Å²) in [5.74, 6) is -0.288. The van der Waals surface area contributed by atoms with Gasteiger partial charge in [-0.2, -0.15) is 0 Å². The lowest BCUT2D eigenvalue weighted by molar-refractivity contribution is 0.142. The first kappa shape index (κ1) is 13.5. The van der Waals surface area contributed by atoms with Gasteiger partial charge in [-0.05, 0) is 44.5 Å². The lowest BCUT2D eigenvalue weighted by atomic mass is 9.97. The molecule has 5 heteroatoms. The van der Waals surface area contributed by atoms with Crippen molar-refractivity contribution in [2.75, 3.05) is 19.6 Å². The van der Waals surface area contributed by atoms with Crippen LogP contribution in [0.25, 0.3) is 11.0 Å². The summed E-state index contributed by atoms with van der Waals surface area (Å²) >= 11 is 0. The molecule has 1 unspecified atom stereocenters. The Morgan fingerprint density at radius 3 is 3.15 bits per heavy atom. The predicted molar refractivity (Wildman–Crippen MR) is 75.8 cm³/mol. The van der Waals surface area contributed by atoms with Crippen molar-refractivity contribution in [1.29, 1.82) is 0 Å². The topological polar surface area (TPSA) is 55.3 Å². The number of hydrogen-bond donors (Lipinski definition) is 1. The van der Waals surface area contributed by atoms with Crippen molar-refractivity contribution in [2.45, 2.75) is 31.7 Å². The van der Waals surface area contributed by atoms with Gasteiger partial charge in [0.25, 0.3) is 0 Å². The highest BCUT2D eigenvalue weighted by atomic mass is 19.1. The lowest BCUT2D eigenvalue weighted by Crippen LogP contribution is -2.35. The lowest BCUT2D eigenvalue weighted by Gasteiger charge is -2.34. The number of likely N-dealkylation sites (tertiary alicyclic amines) is 1. The van der Waals surface area contributed by atoms with E-state index >= 15 is 0 Å². The zero-order valence-electron chi connectivity index (χ0n) is 11.5. The molecule has 2 heterocycles. The summed E-state index contributed by atoms with van der Waals surface area (Å²) in [6.07, 6.45) is 4.47. The summed E-state index contributed by atoms with van der Waals surface area (Å²) in [6.45, 7) is 2.75. The van der Waals surface area contributed by atoms with Gasteiger partial charge in [0.2, 0.25) is 0 Å². The predicted octanol–water partition coefficient (Wildman–Crippen LogP) is 2.84. The van der Waals surface area contributed by atoms with Crippen LogP contribution >= 0.6 is 0 Å². The highest BCUT2D eigenvalue weighted by Gasteiger charge is 2.27. The molecule has 0 radical (unpaired) electrons. The first-order valence-corrected chi connectivity index (χ1v) is 7.28.